The van der Waals surface area contributed by atoms with Gasteiger partial charge in [0.05, 0.1) is 27.4 Å². The Bertz CT molecular complexity index is 1050. The van der Waals surface area contributed by atoms with Crippen LogP contribution in [-0.2, 0) is 13.1 Å². The number of hydrogen-bond acceptors (Lipinski definition) is 5. The van der Waals surface area contributed by atoms with Gasteiger partial charge in [-0.1, -0.05) is 12.1 Å². The zero-order valence-electron chi connectivity index (χ0n) is 21.1. The van der Waals surface area contributed by atoms with E-state index < -0.39 is 0 Å². The molecule has 0 amide bonds. The molecule has 0 fully saturated rings. The van der Waals surface area contributed by atoms with Crippen LogP contribution in [0.15, 0.2) is 54.7 Å². The fourth-order valence-corrected chi connectivity index (χ4v) is 5.09. The van der Waals surface area contributed by atoms with Gasteiger partial charge < -0.3 is 23.7 Å². The zero-order valence-corrected chi connectivity index (χ0v) is 21.1. The smallest absolute Gasteiger partial charge is 0.203 e. The van der Waals surface area contributed by atoms with Gasteiger partial charge in [-0.15, -0.1) is 0 Å². The first-order valence-electron chi connectivity index (χ1n) is 12.2. The number of nitrogens with zero attached hydrogens (tertiary/aromatic N) is 3. The molecule has 34 heavy (non-hydrogen) atoms. The fraction of sp³-hybridized carbons (Fsp3) is 0.429. The Hall–Kier alpha value is -3.12. The summed E-state index contributed by atoms with van der Waals surface area (Å²) in [5, 5.41) is 0. The molecule has 0 N–H and O–H groups in total. The molecule has 3 aromatic rings. The second-order valence-corrected chi connectivity index (χ2v) is 8.65. The van der Waals surface area contributed by atoms with E-state index in [0.29, 0.717) is 17.2 Å². The lowest BCUT2D eigenvalue weighted by atomic mass is 9.99. The molecular formula is C28H37N3O3. The first kappa shape index (κ1) is 24.0. The minimum absolute atomic E-state index is 0.0775. The Morgan fingerprint density at radius 2 is 1.56 bits per heavy atom. The monoisotopic (exact) mass is 463 g/mol. The number of ether oxygens (including phenoxy) is 3. The molecule has 0 saturated carbocycles. The van der Waals surface area contributed by atoms with Gasteiger partial charge in [-0.2, -0.15) is 0 Å². The number of aryl methyl sites for hydroxylation is 1. The molecule has 0 saturated heterocycles. The van der Waals surface area contributed by atoms with Crippen LogP contribution < -0.4 is 19.1 Å². The average molecular weight is 464 g/mol. The van der Waals surface area contributed by atoms with Crippen molar-refractivity contribution < 1.29 is 14.2 Å². The molecule has 6 heteroatoms. The quantitative estimate of drug-likeness (QED) is 0.427. The summed E-state index contributed by atoms with van der Waals surface area (Å²) in [5.74, 6) is 1.99. The van der Waals surface area contributed by atoms with Crippen molar-refractivity contribution in [1.29, 1.82) is 0 Å². The van der Waals surface area contributed by atoms with Crippen molar-refractivity contribution in [2.24, 2.45) is 0 Å². The van der Waals surface area contributed by atoms with E-state index in [9.17, 15) is 0 Å². The Kier molecular flexibility index (Phi) is 7.68. The van der Waals surface area contributed by atoms with Crippen LogP contribution in [0.4, 0.5) is 5.69 Å². The van der Waals surface area contributed by atoms with Gasteiger partial charge in [0, 0.05) is 50.3 Å². The number of rotatable bonds is 9. The van der Waals surface area contributed by atoms with Crippen LogP contribution in [0.1, 0.15) is 43.1 Å². The second kappa shape index (κ2) is 10.9. The van der Waals surface area contributed by atoms with Gasteiger partial charge in [0.1, 0.15) is 0 Å². The molecule has 1 aromatic heterocycles. The molecule has 0 bridgehead atoms. The number of hydrogen-bond donors (Lipinski definition) is 0. The summed E-state index contributed by atoms with van der Waals surface area (Å²) in [6.07, 6.45) is 3.28. The minimum atomic E-state index is 0.0775. The Balaban J connectivity index is 1.72. The molecular weight excluding hydrogens is 426 g/mol. The van der Waals surface area contributed by atoms with Crippen LogP contribution in [0.2, 0.25) is 0 Å². The highest BCUT2D eigenvalue weighted by Gasteiger charge is 2.29. The van der Waals surface area contributed by atoms with Gasteiger partial charge in [0.2, 0.25) is 5.75 Å². The first-order valence-corrected chi connectivity index (χ1v) is 12.2. The second-order valence-electron chi connectivity index (χ2n) is 8.65. The van der Waals surface area contributed by atoms with Crippen LogP contribution in [0.25, 0.3) is 0 Å². The molecule has 1 unspecified atom stereocenters. The number of aromatic nitrogens is 1. The van der Waals surface area contributed by atoms with Crippen LogP contribution >= 0.6 is 0 Å². The van der Waals surface area contributed by atoms with Gasteiger partial charge in [-0.3, -0.25) is 4.90 Å². The van der Waals surface area contributed by atoms with Gasteiger partial charge in [-0.25, -0.2) is 0 Å². The van der Waals surface area contributed by atoms with E-state index >= 15 is 0 Å². The SMILES string of the molecule is CCN(CC)c1ccc(CN2CCCn3cccc3C2c2cc(OC)c(OC)c(OC)c2)cc1. The fourth-order valence-electron chi connectivity index (χ4n) is 5.09. The molecule has 0 spiro atoms. The van der Waals surface area contributed by atoms with Gasteiger partial charge >= 0.3 is 0 Å². The predicted octanol–water partition coefficient (Wildman–Crippen LogP) is 5.36. The summed E-state index contributed by atoms with van der Waals surface area (Å²) in [6.45, 7) is 9.31. The number of fused-ring (bicyclic) bond motifs is 1. The van der Waals surface area contributed by atoms with Gasteiger partial charge in [-0.05, 0) is 67.8 Å². The Morgan fingerprint density at radius 1 is 0.882 bits per heavy atom. The lowest BCUT2D eigenvalue weighted by Gasteiger charge is -2.31. The van der Waals surface area contributed by atoms with Crippen LogP contribution in [0.3, 0.4) is 0 Å². The molecule has 2 heterocycles. The van der Waals surface area contributed by atoms with E-state index in [-0.39, 0.29) is 6.04 Å². The van der Waals surface area contributed by atoms with Gasteiger partial charge in [0.25, 0.3) is 0 Å². The van der Waals surface area contributed by atoms with Crippen molar-refractivity contribution >= 4 is 5.69 Å². The van der Waals surface area contributed by atoms with Crippen LogP contribution in [0, 0.1) is 0 Å². The van der Waals surface area contributed by atoms with Crippen molar-refractivity contribution in [3.8, 4) is 17.2 Å². The summed E-state index contributed by atoms with van der Waals surface area (Å²) in [6, 6.07) is 17.7. The molecule has 4 rings (SSSR count). The summed E-state index contributed by atoms with van der Waals surface area (Å²) in [5.41, 5.74) is 5.01. The van der Waals surface area contributed by atoms with Crippen LogP contribution in [-0.4, -0.2) is 50.4 Å². The largest absolute Gasteiger partial charge is 0.493 e. The molecule has 182 valence electrons. The third-order valence-corrected chi connectivity index (χ3v) is 6.81. The maximum absolute atomic E-state index is 5.69. The molecule has 6 nitrogen and oxygen atoms in total. The Morgan fingerprint density at radius 3 is 2.15 bits per heavy atom. The lowest BCUT2D eigenvalue weighted by molar-refractivity contribution is 0.219. The van der Waals surface area contributed by atoms with E-state index in [1.807, 2.05) is 0 Å². The highest BCUT2D eigenvalue weighted by atomic mass is 16.5. The van der Waals surface area contributed by atoms with Crippen molar-refractivity contribution in [3.63, 3.8) is 0 Å². The number of benzene rings is 2. The molecule has 0 aliphatic carbocycles. The molecule has 1 aliphatic heterocycles. The summed E-state index contributed by atoms with van der Waals surface area (Å²) in [7, 11) is 4.99. The maximum Gasteiger partial charge on any atom is 0.203 e. The van der Waals surface area contributed by atoms with E-state index in [1.54, 1.807) is 21.3 Å². The topological polar surface area (TPSA) is 39.1 Å². The molecule has 0 radical (unpaired) electrons. The van der Waals surface area contributed by atoms with E-state index in [2.05, 4.69) is 82.9 Å². The standard InChI is InChI=1S/C28H37N3O3/c1-6-29(7-2)23-13-11-21(12-14-23)20-31-17-9-16-30-15-8-10-24(30)27(31)22-18-25(32-3)28(34-5)26(19-22)33-4/h8,10-15,18-19,27H,6-7,9,16-17,20H2,1-5H3. The van der Waals surface area contributed by atoms with E-state index in [4.69, 9.17) is 14.2 Å². The van der Waals surface area contributed by atoms with Crippen molar-refractivity contribution in [2.75, 3.05) is 45.9 Å². The lowest BCUT2D eigenvalue weighted by Crippen LogP contribution is -2.29. The van der Waals surface area contributed by atoms with E-state index in [1.165, 1.54) is 16.9 Å². The third-order valence-electron chi connectivity index (χ3n) is 6.81. The van der Waals surface area contributed by atoms with Crippen LogP contribution in [0.5, 0.6) is 17.2 Å². The van der Waals surface area contributed by atoms with Crippen molar-refractivity contribution in [1.82, 2.24) is 9.47 Å². The zero-order chi connectivity index (χ0) is 24.1. The van der Waals surface area contributed by atoms with Crippen molar-refractivity contribution in [3.05, 3.63) is 71.5 Å². The van der Waals surface area contributed by atoms with Gasteiger partial charge in [0.15, 0.2) is 11.5 Å². The highest BCUT2D eigenvalue weighted by molar-refractivity contribution is 5.55. The summed E-state index contributed by atoms with van der Waals surface area (Å²) < 4.78 is 19.3. The molecule has 2 aromatic carbocycles. The minimum Gasteiger partial charge on any atom is -0.493 e. The normalized spacial score (nSPS) is 16.0. The molecule has 1 atom stereocenters. The maximum atomic E-state index is 5.69. The highest BCUT2D eigenvalue weighted by Crippen LogP contribution is 2.43. The predicted molar refractivity (Wildman–Crippen MR) is 137 cm³/mol. The van der Waals surface area contributed by atoms with E-state index in [0.717, 1.165) is 44.7 Å². The number of methoxy groups -OCH3 is 3. The average Bonchev–Trinajstić information content (AvgIpc) is 3.26. The summed E-state index contributed by atoms with van der Waals surface area (Å²) >= 11 is 0. The Labute approximate surface area is 203 Å². The first-order chi connectivity index (χ1) is 16.6. The summed E-state index contributed by atoms with van der Waals surface area (Å²) in [4.78, 5) is 4.94. The van der Waals surface area contributed by atoms with Crippen molar-refractivity contribution in [2.45, 2.75) is 39.4 Å². The number of anilines is 1. The molecule has 1 aliphatic rings. The third kappa shape index (κ3) is 4.73.